The Labute approximate surface area is 170 Å². The zero-order valence-electron chi connectivity index (χ0n) is 16.5. The van der Waals surface area contributed by atoms with Gasteiger partial charge in [-0.2, -0.15) is 0 Å². The first-order valence-electron chi connectivity index (χ1n) is 10.3. The Morgan fingerprint density at radius 2 is 1.72 bits per heavy atom. The van der Waals surface area contributed by atoms with Crippen LogP contribution in [-0.2, 0) is 16.0 Å². The number of hydrogen-bond donors (Lipinski definition) is 2. The lowest BCUT2D eigenvalue weighted by molar-refractivity contribution is -0.128. The highest BCUT2D eigenvalue weighted by Crippen LogP contribution is 2.28. The van der Waals surface area contributed by atoms with Crippen molar-refractivity contribution >= 4 is 11.8 Å². The number of hydrogen-bond acceptors (Lipinski definition) is 4. The molecular formula is C23H27N3O3. The summed E-state index contributed by atoms with van der Waals surface area (Å²) in [6.45, 7) is 4.00. The van der Waals surface area contributed by atoms with E-state index in [-0.39, 0.29) is 36.2 Å². The van der Waals surface area contributed by atoms with Gasteiger partial charge < -0.3 is 15.1 Å². The smallest absolute Gasteiger partial charge is 0.226 e. The van der Waals surface area contributed by atoms with Gasteiger partial charge in [0.1, 0.15) is 6.26 Å². The molecule has 2 N–H and O–H groups in total. The van der Waals surface area contributed by atoms with Crippen LogP contribution in [0.1, 0.15) is 44.2 Å². The minimum Gasteiger partial charge on any atom is -0.444 e. The Bertz CT molecular complexity index is 880. The fourth-order valence-electron chi connectivity index (χ4n) is 3.96. The number of amides is 2. The molecule has 6 heteroatoms. The SMILES string of the molecule is C=C1CCC(C(=O)N[C@@H]2CC[C@@H]2NC(=O)Cc2coc(-c3ccccc3)n2)CC1. The van der Waals surface area contributed by atoms with Crippen molar-refractivity contribution in [3.8, 4) is 11.5 Å². The molecule has 2 aliphatic carbocycles. The maximum atomic E-state index is 12.5. The van der Waals surface area contributed by atoms with E-state index in [4.69, 9.17) is 4.42 Å². The average molecular weight is 393 g/mol. The third-order valence-corrected chi connectivity index (χ3v) is 5.93. The van der Waals surface area contributed by atoms with Crippen LogP contribution in [0.4, 0.5) is 0 Å². The second-order valence-electron chi connectivity index (χ2n) is 8.08. The second kappa shape index (κ2) is 8.64. The van der Waals surface area contributed by atoms with Crippen LogP contribution >= 0.6 is 0 Å². The summed E-state index contributed by atoms with van der Waals surface area (Å²) in [6, 6.07) is 9.61. The van der Waals surface area contributed by atoms with Gasteiger partial charge in [-0.1, -0.05) is 30.4 Å². The molecule has 1 aromatic heterocycles. The molecule has 2 aliphatic rings. The maximum absolute atomic E-state index is 12.5. The topological polar surface area (TPSA) is 84.2 Å². The Morgan fingerprint density at radius 1 is 1.03 bits per heavy atom. The summed E-state index contributed by atoms with van der Waals surface area (Å²) < 4.78 is 5.49. The van der Waals surface area contributed by atoms with Crippen molar-refractivity contribution < 1.29 is 14.0 Å². The molecule has 2 atom stereocenters. The van der Waals surface area contributed by atoms with Gasteiger partial charge in [-0.3, -0.25) is 9.59 Å². The molecule has 2 amide bonds. The van der Waals surface area contributed by atoms with E-state index < -0.39 is 0 Å². The first kappa shape index (κ1) is 19.4. The van der Waals surface area contributed by atoms with Crippen LogP contribution in [0.3, 0.4) is 0 Å². The molecule has 6 nitrogen and oxygen atoms in total. The molecule has 0 aliphatic heterocycles. The molecule has 2 aromatic rings. The Hall–Kier alpha value is -2.89. The molecule has 29 heavy (non-hydrogen) atoms. The molecular weight excluding hydrogens is 366 g/mol. The van der Waals surface area contributed by atoms with E-state index in [1.807, 2.05) is 30.3 Å². The van der Waals surface area contributed by atoms with E-state index in [2.05, 4.69) is 22.2 Å². The number of oxazole rings is 1. The third kappa shape index (κ3) is 4.75. The highest BCUT2D eigenvalue weighted by atomic mass is 16.3. The molecule has 0 saturated heterocycles. The summed E-state index contributed by atoms with van der Waals surface area (Å²) in [5.41, 5.74) is 2.72. The predicted octanol–water partition coefficient (Wildman–Crippen LogP) is 3.39. The summed E-state index contributed by atoms with van der Waals surface area (Å²) in [7, 11) is 0. The summed E-state index contributed by atoms with van der Waals surface area (Å²) in [5, 5.41) is 6.16. The molecule has 152 valence electrons. The van der Waals surface area contributed by atoms with Crippen molar-refractivity contribution in [2.45, 2.75) is 57.0 Å². The van der Waals surface area contributed by atoms with Crippen molar-refractivity contribution in [3.63, 3.8) is 0 Å². The normalized spacial score (nSPS) is 22.0. The molecule has 4 rings (SSSR count). The number of aromatic nitrogens is 1. The average Bonchev–Trinajstić information content (AvgIpc) is 3.19. The lowest BCUT2D eigenvalue weighted by atomic mass is 9.83. The molecule has 2 saturated carbocycles. The van der Waals surface area contributed by atoms with Crippen LogP contribution in [0.5, 0.6) is 0 Å². The van der Waals surface area contributed by atoms with E-state index >= 15 is 0 Å². The van der Waals surface area contributed by atoms with Crippen molar-refractivity contribution in [2.75, 3.05) is 0 Å². The maximum Gasteiger partial charge on any atom is 0.226 e. The number of carbonyl (C=O) groups is 2. The monoisotopic (exact) mass is 393 g/mol. The van der Waals surface area contributed by atoms with Crippen LogP contribution in [0.25, 0.3) is 11.5 Å². The van der Waals surface area contributed by atoms with Crippen LogP contribution < -0.4 is 10.6 Å². The van der Waals surface area contributed by atoms with Crippen molar-refractivity contribution in [1.29, 1.82) is 0 Å². The Balaban J connectivity index is 1.25. The Kier molecular flexibility index (Phi) is 5.79. The van der Waals surface area contributed by atoms with Gasteiger partial charge in [-0.05, 0) is 50.7 Å². The molecule has 2 fully saturated rings. The van der Waals surface area contributed by atoms with Gasteiger partial charge in [-0.15, -0.1) is 0 Å². The first-order chi connectivity index (χ1) is 14.1. The second-order valence-corrected chi connectivity index (χ2v) is 8.08. The summed E-state index contributed by atoms with van der Waals surface area (Å²) in [4.78, 5) is 29.3. The molecule has 0 bridgehead atoms. The number of benzene rings is 1. The molecule has 1 aromatic carbocycles. The number of rotatable bonds is 6. The first-order valence-corrected chi connectivity index (χ1v) is 10.3. The highest BCUT2D eigenvalue weighted by molar-refractivity contribution is 5.80. The summed E-state index contributed by atoms with van der Waals surface area (Å²) >= 11 is 0. The van der Waals surface area contributed by atoms with E-state index in [9.17, 15) is 9.59 Å². The van der Waals surface area contributed by atoms with E-state index in [1.54, 1.807) is 0 Å². The zero-order chi connectivity index (χ0) is 20.2. The lowest BCUT2D eigenvalue weighted by Gasteiger charge is -2.38. The largest absolute Gasteiger partial charge is 0.444 e. The number of carbonyl (C=O) groups excluding carboxylic acids is 2. The van der Waals surface area contributed by atoms with E-state index in [1.165, 1.54) is 11.8 Å². The van der Waals surface area contributed by atoms with E-state index in [0.29, 0.717) is 11.6 Å². The summed E-state index contributed by atoms with van der Waals surface area (Å²) in [6.07, 6.45) is 7.10. The minimum atomic E-state index is -0.101. The van der Waals surface area contributed by atoms with Gasteiger partial charge in [0.2, 0.25) is 17.7 Å². The number of nitrogens with one attached hydrogen (secondary N) is 2. The van der Waals surface area contributed by atoms with Crippen LogP contribution in [0, 0.1) is 5.92 Å². The zero-order valence-corrected chi connectivity index (χ0v) is 16.5. The van der Waals surface area contributed by atoms with Gasteiger partial charge in [0, 0.05) is 23.6 Å². The fourth-order valence-corrected chi connectivity index (χ4v) is 3.96. The van der Waals surface area contributed by atoms with E-state index in [0.717, 1.165) is 44.1 Å². The molecule has 1 heterocycles. The van der Waals surface area contributed by atoms with Crippen molar-refractivity contribution in [3.05, 3.63) is 54.4 Å². The van der Waals surface area contributed by atoms with Crippen molar-refractivity contribution in [1.82, 2.24) is 15.6 Å². The lowest BCUT2D eigenvalue weighted by Crippen LogP contribution is -2.59. The van der Waals surface area contributed by atoms with Gasteiger partial charge in [0.15, 0.2) is 0 Å². The van der Waals surface area contributed by atoms with Gasteiger partial charge in [-0.25, -0.2) is 4.98 Å². The van der Waals surface area contributed by atoms with Crippen LogP contribution in [0.2, 0.25) is 0 Å². The molecule has 0 spiro atoms. The standard InChI is InChI=1S/C23H27N3O3/c1-15-7-9-16(10-8-15)22(28)26-20-12-11-19(20)25-21(27)13-18-14-29-23(24-18)17-5-3-2-4-6-17/h2-6,14,16,19-20H,1,7-13H2,(H,25,27)(H,26,28)/t19-,20+/m0/s1. The van der Waals surface area contributed by atoms with Gasteiger partial charge in [0.25, 0.3) is 0 Å². The molecule has 0 unspecified atom stereocenters. The highest BCUT2D eigenvalue weighted by Gasteiger charge is 2.35. The van der Waals surface area contributed by atoms with Gasteiger partial charge in [0.05, 0.1) is 12.1 Å². The van der Waals surface area contributed by atoms with Crippen LogP contribution in [-0.4, -0.2) is 28.9 Å². The third-order valence-electron chi connectivity index (χ3n) is 5.93. The van der Waals surface area contributed by atoms with Gasteiger partial charge >= 0.3 is 0 Å². The Morgan fingerprint density at radius 3 is 2.41 bits per heavy atom. The quantitative estimate of drug-likeness (QED) is 0.737. The summed E-state index contributed by atoms with van der Waals surface area (Å²) in [5.74, 6) is 0.600. The fraction of sp³-hybridized carbons (Fsp3) is 0.435. The van der Waals surface area contributed by atoms with Crippen molar-refractivity contribution in [2.24, 2.45) is 5.92 Å². The minimum absolute atomic E-state index is 0.00880. The predicted molar refractivity (Wildman–Crippen MR) is 110 cm³/mol. The number of nitrogens with zero attached hydrogens (tertiary/aromatic N) is 1. The van der Waals surface area contributed by atoms with Crippen LogP contribution in [0.15, 0.2) is 53.2 Å². The molecule has 0 radical (unpaired) electrons. The number of allylic oxidation sites excluding steroid dienone is 1.